The first-order chi connectivity index (χ1) is 11.2. The van der Waals surface area contributed by atoms with E-state index in [1.54, 1.807) is 12.1 Å². The van der Waals surface area contributed by atoms with E-state index in [0.29, 0.717) is 27.3 Å². The van der Waals surface area contributed by atoms with Crippen LogP contribution < -0.4 is 0 Å². The van der Waals surface area contributed by atoms with Crippen molar-refractivity contribution in [2.75, 3.05) is 0 Å². The van der Waals surface area contributed by atoms with Crippen LogP contribution in [0.25, 0.3) is 11.4 Å². The van der Waals surface area contributed by atoms with Crippen LogP contribution in [0.5, 0.6) is 0 Å². The van der Waals surface area contributed by atoms with Crippen LogP contribution in [0.1, 0.15) is 18.1 Å². The lowest BCUT2D eigenvalue weighted by atomic mass is 10.1. The first-order valence-electron chi connectivity index (χ1n) is 7.24. The highest BCUT2D eigenvalue weighted by atomic mass is 35.5. The molecule has 2 aromatic carbocycles. The van der Waals surface area contributed by atoms with Gasteiger partial charge in [-0.05, 0) is 24.1 Å². The molecule has 1 heterocycles. The molecule has 1 N–H and O–H groups in total. The first-order valence-corrected chi connectivity index (χ1v) is 8.61. The number of aryl methyl sites for hydroxylation is 1. The number of benzene rings is 2. The molecule has 118 valence electrons. The molecule has 0 aliphatic rings. The van der Waals surface area contributed by atoms with Crippen molar-refractivity contribution in [3.63, 3.8) is 0 Å². The smallest absolute Gasteiger partial charge is 0.209 e. The molecule has 0 saturated carbocycles. The van der Waals surface area contributed by atoms with E-state index in [4.69, 9.17) is 11.6 Å². The van der Waals surface area contributed by atoms with Crippen LogP contribution in [0.3, 0.4) is 0 Å². The second-order valence-electron chi connectivity index (χ2n) is 5.01. The maximum atomic E-state index is 13.7. The maximum Gasteiger partial charge on any atom is 0.209 e. The highest BCUT2D eigenvalue weighted by Crippen LogP contribution is 2.27. The van der Waals surface area contributed by atoms with Gasteiger partial charge in [0.25, 0.3) is 0 Å². The molecule has 3 nitrogen and oxygen atoms in total. The van der Waals surface area contributed by atoms with Gasteiger partial charge in [-0.25, -0.2) is 9.37 Å². The molecule has 0 amide bonds. The average Bonchev–Trinajstić information content (AvgIpc) is 3.03. The summed E-state index contributed by atoms with van der Waals surface area (Å²) >= 11 is 7.37. The predicted molar refractivity (Wildman–Crippen MR) is 92.2 cm³/mol. The zero-order valence-electron chi connectivity index (χ0n) is 12.5. The summed E-state index contributed by atoms with van der Waals surface area (Å²) in [6, 6.07) is 12.9. The summed E-state index contributed by atoms with van der Waals surface area (Å²) in [6.45, 7) is 2.12. The van der Waals surface area contributed by atoms with E-state index in [0.717, 1.165) is 12.0 Å². The molecule has 23 heavy (non-hydrogen) atoms. The Morgan fingerprint density at radius 1 is 1.17 bits per heavy atom. The van der Waals surface area contributed by atoms with Gasteiger partial charge in [0.1, 0.15) is 5.82 Å². The SMILES string of the molecule is CCc1ccc(-c2nc(SCc3c(F)cccc3Cl)n[nH]2)cc1. The standard InChI is InChI=1S/C17H15ClFN3S/c1-2-11-6-8-12(9-7-11)16-20-17(22-21-16)23-10-13-14(18)4-3-5-15(13)19/h3-9H,2,10H2,1H3,(H,20,21,22). The van der Waals surface area contributed by atoms with Gasteiger partial charge in [-0.15, -0.1) is 5.10 Å². The van der Waals surface area contributed by atoms with Gasteiger partial charge in [-0.2, -0.15) is 0 Å². The van der Waals surface area contributed by atoms with Gasteiger partial charge < -0.3 is 0 Å². The predicted octanol–water partition coefficient (Wildman–Crippen LogP) is 5.12. The molecule has 0 bridgehead atoms. The van der Waals surface area contributed by atoms with Gasteiger partial charge in [0.2, 0.25) is 5.16 Å². The fourth-order valence-corrected chi connectivity index (χ4v) is 3.29. The Balaban J connectivity index is 1.72. The summed E-state index contributed by atoms with van der Waals surface area (Å²) in [5.41, 5.74) is 2.72. The van der Waals surface area contributed by atoms with Crippen LogP contribution in [0.2, 0.25) is 5.02 Å². The molecule has 0 aliphatic carbocycles. The van der Waals surface area contributed by atoms with E-state index in [1.165, 1.54) is 23.4 Å². The molecule has 0 aliphatic heterocycles. The van der Waals surface area contributed by atoms with Gasteiger partial charge >= 0.3 is 0 Å². The van der Waals surface area contributed by atoms with Gasteiger partial charge in [-0.3, -0.25) is 5.10 Å². The number of rotatable bonds is 5. The van der Waals surface area contributed by atoms with Gasteiger partial charge in [0.05, 0.1) is 0 Å². The van der Waals surface area contributed by atoms with Crippen LogP contribution in [0.15, 0.2) is 47.6 Å². The number of aromatic amines is 1. The number of hydrogen-bond donors (Lipinski definition) is 1. The van der Waals surface area contributed by atoms with Crippen LogP contribution in [0, 0.1) is 5.82 Å². The molecule has 0 radical (unpaired) electrons. The van der Waals surface area contributed by atoms with Crippen molar-refractivity contribution in [1.29, 1.82) is 0 Å². The number of aromatic nitrogens is 3. The fourth-order valence-electron chi connectivity index (χ4n) is 2.15. The van der Waals surface area contributed by atoms with Crippen molar-refractivity contribution in [3.05, 3.63) is 64.4 Å². The minimum Gasteiger partial charge on any atom is -0.258 e. The summed E-state index contributed by atoms with van der Waals surface area (Å²) < 4.78 is 13.7. The zero-order chi connectivity index (χ0) is 16.2. The Kier molecular flexibility index (Phi) is 4.98. The molecular weight excluding hydrogens is 333 g/mol. The molecule has 0 unspecified atom stereocenters. The molecule has 3 rings (SSSR count). The lowest BCUT2D eigenvalue weighted by Gasteiger charge is -2.03. The Morgan fingerprint density at radius 2 is 1.96 bits per heavy atom. The number of H-pyrrole nitrogens is 1. The third-order valence-corrected chi connectivity index (χ3v) is 4.74. The summed E-state index contributed by atoms with van der Waals surface area (Å²) in [4.78, 5) is 4.44. The molecule has 0 spiro atoms. The van der Waals surface area contributed by atoms with Crippen LogP contribution in [0.4, 0.5) is 4.39 Å². The van der Waals surface area contributed by atoms with Crippen molar-refractivity contribution in [2.24, 2.45) is 0 Å². The third-order valence-electron chi connectivity index (χ3n) is 3.51. The largest absolute Gasteiger partial charge is 0.258 e. The number of nitrogens with one attached hydrogen (secondary N) is 1. The topological polar surface area (TPSA) is 41.6 Å². The van der Waals surface area contributed by atoms with E-state index in [-0.39, 0.29) is 5.82 Å². The van der Waals surface area contributed by atoms with Crippen LogP contribution in [-0.2, 0) is 12.2 Å². The zero-order valence-corrected chi connectivity index (χ0v) is 14.1. The molecular formula is C17H15ClFN3S. The van der Waals surface area contributed by atoms with Crippen LogP contribution >= 0.6 is 23.4 Å². The molecule has 3 aromatic rings. The second-order valence-corrected chi connectivity index (χ2v) is 6.36. The quantitative estimate of drug-likeness (QED) is 0.651. The Labute approximate surface area is 143 Å². The second kappa shape index (κ2) is 7.15. The highest BCUT2D eigenvalue weighted by Gasteiger charge is 2.11. The molecule has 1 aromatic heterocycles. The first kappa shape index (κ1) is 16.0. The molecule has 6 heteroatoms. The summed E-state index contributed by atoms with van der Waals surface area (Å²) in [5, 5.41) is 8.08. The minimum absolute atomic E-state index is 0.309. The Morgan fingerprint density at radius 3 is 2.65 bits per heavy atom. The Hall–Kier alpha value is -1.85. The van der Waals surface area contributed by atoms with Gasteiger partial charge in [0.15, 0.2) is 5.82 Å². The average molecular weight is 348 g/mol. The summed E-state index contributed by atoms with van der Waals surface area (Å²) in [7, 11) is 0. The van der Waals surface area contributed by atoms with Crippen LogP contribution in [-0.4, -0.2) is 15.2 Å². The van der Waals surface area contributed by atoms with Crippen molar-refractivity contribution < 1.29 is 4.39 Å². The third kappa shape index (κ3) is 3.74. The van der Waals surface area contributed by atoms with Crippen molar-refractivity contribution in [1.82, 2.24) is 15.2 Å². The maximum absolute atomic E-state index is 13.7. The number of halogens is 2. The summed E-state index contributed by atoms with van der Waals surface area (Å²) in [6.07, 6.45) is 1.00. The van der Waals surface area contributed by atoms with Crippen molar-refractivity contribution in [3.8, 4) is 11.4 Å². The lowest BCUT2D eigenvalue weighted by molar-refractivity contribution is 0.617. The Bertz CT molecular complexity index is 782. The lowest BCUT2D eigenvalue weighted by Crippen LogP contribution is -1.89. The van der Waals surface area contributed by atoms with E-state index in [1.807, 2.05) is 12.1 Å². The van der Waals surface area contributed by atoms with E-state index >= 15 is 0 Å². The number of hydrogen-bond acceptors (Lipinski definition) is 3. The van der Waals surface area contributed by atoms with E-state index in [9.17, 15) is 4.39 Å². The van der Waals surface area contributed by atoms with Crippen molar-refractivity contribution >= 4 is 23.4 Å². The number of nitrogens with zero attached hydrogens (tertiary/aromatic N) is 2. The van der Waals surface area contributed by atoms with Crippen molar-refractivity contribution in [2.45, 2.75) is 24.3 Å². The highest BCUT2D eigenvalue weighted by molar-refractivity contribution is 7.98. The number of thioether (sulfide) groups is 1. The fraction of sp³-hybridized carbons (Fsp3) is 0.176. The minimum atomic E-state index is -0.309. The van der Waals surface area contributed by atoms with E-state index < -0.39 is 0 Å². The molecule has 0 atom stereocenters. The summed E-state index contributed by atoms with van der Waals surface area (Å²) in [5.74, 6) is 0.781. The van der Waals surface area contributed by atoms with E-state index in [2.05, 4.69) is 34.2 Å². The van der Waals surface area contributed by atoms with Gasteiger partial charge in [0, 0.05) is 21.9 Å². The van der Waals surface area contributed by atoms with Gasteiger partial charge in [-0.1, -0.05) is 60.6 Å². The molecule has 0 fully saturated rings. The molecule has 0 saturated heterocycles. The monoisotopic (exact) mass is 347 g/mol. The normalized spacial score (nSPS) is 10.9.